The standard InChI is InChI=1S/C17H40OSSi2/c1-10-14-17(8,9)18-21(19,15-16(5,6)7)20(11-2,12-3)13-4/h19H,10-15H2,1-9H3. The molecule has 0 rings (SSSR count). The van der Waals surface area contributed by atoms with Crippen LogP contribution in [0.15, 0.2) is 0 Å². The fourth-order valence-corrected chi connectivity index (χ4v) is 25.6. The maximum atomic E-state index is 6.94. The zero-order valence-corrected chi connectivity index (χ0v) is 19.0. The second kappa shape index (κ2) is 8.02. The third-order valence-electron chi connectivity index (χ3n) is 4.93. The number of hydrogen-bond acceptors (Lipinski definition) is 2. The Balaban J connectivity index is 5.66. The topological polar surface area (TPSA) is 9.23 Å². The Kier molecular flexibility index (Phi) is 8.31. The van der Waals surface area contributed by atoms with Crippen molar-refractivity contribution in [3.05, 3.63) is 0 Å². The average Bonchev–Trinajstić information content (AvgIpc) is 2.27. The number of rotatable bonds is 9. The van der Waals surface area contributed by atoms with Crippen molar-refractivity contribution in [2.24, 2.45) is 5.41 Å². The van der Waals surface area contributed by atoms with Gasteiger partial charge in [0.05, 0.1) is 13.2 Å². The van der Waals surface area contributed by atoms with E-state index in [4.69, 9.17) is 16.5 Å². The predicted octanol–water partition coefficient (Wildman–Crippen LogP) is 6.59. The predicted molar refractivity (Wildman–Crippen MR) is 106 cm³/mol. The van der Waals surface area contributed by atoms with Crippen molar-refractivity contribution in [1.29, 1.82) is 0 Å². The molecule has 0 aromatic rings. The summed E-state index contributed by atoms with van der Waals surface area (Å²) in [6.07, 6.45) is 2.31. The molecular weight excluding hydrogens is 308 g/mol. The minimum absolute atomic E-state index is 0.0221. The first kappa shape index (κ1) is 21.7. The number of thiol groups is 1. The highest BCUT2D eigenvalue weighted by molar-refractivity contribution is 8.22. The van der Waals surface area contributed by atoms with E-state index in [1.807, 2.05) is 0 Å². The van der Waals surface area contributed by atoms with Crippen LogP contribution in [0.25, 0.3) is 0 Å². The van der Waals surface area contributed by atoms with Gasteiger partial charge in [-0.15, -0.1) is 0 Å². The summed E-state index contributed by atoms with van der Waals surface area (Å²) in [7, 11) is -1.44. The van der Waals surface area contributed by atoms with Crippen LogP contribution in [0.3, 0.4) is 0 Å². The molecule has 128 valence electrons. The lowest BCUT2D eigenvalue weighted by Gasteiger charge is -2.49. The summed E-state index contributed by atoms with van der Waals surface area (Å²) in [6, 6.07) is 5.12. The molecule has 0 aliphatic rings. The number of hydrogen-bond donors (Lipinski definition) is 1. The Morgan fingerprint density at radius 1 is 0.857 bits per heavy atom. The zero-order valence-electron chi connectivity index (χ0n) is 16.1. The Bertz CT molecular complexity index is 300. The average molecular weight is 349 g/mol. The molecule has 0 aliphatic carbocycles. The lowest BCUT2D eigenvalue weighted by Crippen LogP contribution is -2.64. The summed E-state index contributed by atoms with van der Waals surface area (Å²) in [4.78, 5) is 0. The first-order chi connectivity index (χ1) is 9.41. The molecule has 1 nitrogen and oxygen atoms in total. The van der Waals surface area contributed by atoms with Crippen LogP contribution in [0.5, 0.6) is 0 Å². The maximum Gasteiger partial charge on any atom is 0.236 e. The van der Waals surface area contributed by atoms with E-state index < -0.39 is 14.6 Å². The van der Waals surface area contributed by atoms with Crippen LogP contribution >= 0.6 is 12.1 Å². The summed E-state index contributed by atoms with van der Waals surface area (Å²) in [6.45, 7) is 19.0. The molecule has 0 aromatic carbocycles. The van der Waals surface area contributed by atoms with E-state index in [0.717, 1.165) is 6.42 Å². The van der Waals surface area contributed by atoms with E-state index in [1.54, 1.807) is 0 Å². The van der Waals surface area contributed by atoms with Gasteiger partial charge in [0, 0.05) is 0 Å². The molecule has 21 heavy (non-hydrogen) atoms. The second-order valence-electron chi connectivity index (χ2n) is 8.47. The van der Waals surface area contributed by atoms with E-state index in [-0.39, 0.29) is 5.60 Å². The minimum atomic E-state index is -2.00. The van der Waals surface area contributed by atoms with Gasteiger partial charge in [0.2, 0.25) is 6.98 Å². The smallest absolute Gasteiger partial charge is 0.236 e. The first-order valence-electron chi connectivity index (χ1n) is 8.83. The summed E-state index contributed by atoms with van der Waals surface area (Å²) in [5, 5.41) is 0. The molecule has 4 heteroatoms. The highest BCUT2D eigenvalue weighted by atomic mass is 32.3. The molecule has 1 unspecified atom stereocenters. The van der Waals surface area contributed by atoms with Crippen molar-refractivity contribution in [3.63, 3.8) is 0 Å². The second-order valence-corrected chi connectivity index (χ2v) is 24.3. The molecule has 0 heterocycles. The van der Waals surface area contributed by atoms with E-state index in [1.165, 1.54) is 30.6 Å². The van der Waals surface area contributed by atoms with Gasteiger partial charge in [-0.25, -0.2) is 0 Å². The van der Waals surface area contributed by atoms with Crippen LogP contribution in [0.4, 0.5) is 0 Å². The molecule has 0 saturated heterocycles. The Labute approximate surface area is 141 Å². The highest BCUT2D eigenvalue weighted by Gasteiger charge is 2.55. The molecule has 0 fully saturated rings. The van der Waals surface area contributed by atoms with Gasteiger partial charge >= 0.3 is 0 Å². The molecular formula is C17H40OSSi2. The monoisotopic (exact) mass is 348 g/mol. The Hall–Kier alpha value is 0.744. The molecule has 0 radical (unpaired) electrons. The third kappa shape index (κ3) is 6.04. The third-order valence-corrected chi connectivity index (χ3v) is 27.1. The molecule has 0 aromatic heterocycles. The van der Waals surface area contributed by atoms with Crippen LogP contribution in [0.2, 0.25) is 24.2 Å². The molecule has 0 saturated carbocycles. The normalized spacial score (nSPS) is 16.9. The van der Waals surface area contributed by atoms with Crippen LogP contribution in [0.1, 0.15) is 75.2 Å². The molecule has 0 aliphatic heterocycles. The minimum Gasteiger partial charge on any atom is -0.405 e. The van der Waals surface area contributed by atoms with Gasteiger partial charge in [0.1, 0.15) is 0 Å². The van der Waals surface area contributed by atoms with Crippen molar-refractivity contribution in [2.45, 2.75) is 105 Å². The molecule has 0 N–H and O–H groups in total. The van der Waals surface area contributed by atoms with E-state index in [9.17, 15) is 0 Å². The zero-order chi connectivity index (χ0) is 16.9. The van der Waals surface area contributed by atoms with Crippen LogP contribution in [-0.4, -0.2) is 20.2 Å². The van der Waals surface area contributed by atoms with E-state index >= 15 is 0 Å². The SMILES string of the molecule is CCCC(C)(C)O[Si](S)(CC(C)(C)C)[Si](CC)(CC)CC. The summed E-state index contributed by atoms with van der Waals surface area (Å²) in [5.41, 5.74) is 0.278. The van der Waals surface area contributed by atoms with Crippen molar-refractivity contribution in [3.8, 4) is 0 Å². The van der Waals surface area contributed by atoms with Crippen LogP contribution < -0.4 is 0 Å². The van der Waals surface area contributed by atoms with E-state index in [0.29, 0.717) is 5.41 Å². The van der Waals surface area contributed by atoms with Crippen molar-refractivity contribution < 1.29 is 4.43 Å². The molecule has 0 bridgehead atoms. The maximum absolute atomic E-state index is 6.94. The van der Waals surface area contributed by atoms with Crippen LogP contribution in [-0.2, 0) is 4.43 Å². The fraction of sp³-hybridized carbons (Fsp3) is 1.00. The lowest BCUT2D eigenvalue weighted by molar-refractivity contribution is 0.0948. The highest BCUT2D eigenvalue weighted by Crippen LogP contribution is 2.44. The van der Waals surface area contributed by atoms with Gasteiger partial charge < -0.3 is 4.43 Å². The van der Waals surface area contributed by atoms with Gasteiger partial charge in [-0.1, -0.05) is 73.0 Å². The molecule has 0 amide bonds. The molecule has 0 spiro atoms. The van der Waals surface area contributed by atoms with E-state index in [2.05, 4.69) is 62.3 Å². The van der Waals surface area contributed by atoms with Gasteiger partial charge in [-0.2, -0.15) is 12.1 Å². The van der Waals surface area contributed by atoms with Gasteiger partial charge in [-0.3, -0.25) is 0 Å². The molecule has 1 atom stereocenters. The summed E-state index contributed by atoms with van der Waals surface area (Å²) < 4.78 is 6.94. The fourth-order valence-electron chi connectivity index (χ4n) is 3.74. The van der Waals surface area contributed by atoms with Gasteiger partial charge in [-0.05, 0) is 31.7 Å². The quantitative estimate of drug-likeness (QED) is 0.365. The summed E-state index contributed by atoms with van der Waals surface area (Å²) >= 11 is 5.40. The Morgan fingerprint density at radius 3 is 1.57 bits per heavy atom. The van der Waals surface area contributed by atoms with Gasteiger partial charge in [0.25, 0.3) is 0 Å². The largest absolute Gasteiger partial charge is 0.405 e. The van der Waals surface area contributed by atoms with Gasteiger partial charge in [0.15, 0.2) is 0 Å². The van der Waals surface area contributed by atoms with Crippen LogP contribution in [0, 0.1) is 5.41 Å². The first-order valence-corrected chi connectivity index (χ1v) is 15.9. The van der Waals surface area contributed by atoms with Crippen molar-refractivity contribution in [2.75, 3.05) is 0 Å². The summed E-state index contributed by atoms with van der Waals surface area (Å²) in [5.74, 6) is 0. The van der Waals surface area contributed by atoms with Crippen molar-refractivity contribution in [1.82, 2.24) is 0 Å². The lowest BCUT2D eigenvalue weighted by atomic mass is 10.0. The Morgan fingerprint density at radius 2 is 1.29 bits per heavy atom. The van der Waals surface area contributed by atoms with Crippen molar-refractivity contribution >= 4 is 26.7 Å².